The molecule has 130 valence electrons. The van der Waals surface area contributed by atoms with E-state index in [0.717, 1.165) is 5.56 Å². The Morgan fingerprint density at radius 1 is 1.33 bits per heavy atom. The van der Waals surface area contributed by atoms with Gasteiger partial charge in [0, 0.05) is 13.0 Å². The van der Waals surface area contributed by atoms with Gasteiger partial charge >= 0.3 is 5.97 Å². The minimum atomic E-state index is -1.02. The highest BCUT2D eigenvalue weighted by atomic mass is 16.4. The Bertz CT molecular complexity index is 603. The topological polar surface area (TPSA) is 113 Å². The number of nitrogens with zero attached hydrogens (tertiary/aromatic N) is 1. The monoisotopic (exact) mass is 333 g/mol. The summed E-state index contributed by atoms with van der Waals surface area (Å²) in [7, 11) is 0. The summed E-state index contributed by atoms with van der Waals surface area (Å²) in [5, 5.41) is 11.9. The molecule has 7 heteroatoms. The van der Waals surface area contributed by atoms with Crippen molar-refractivity contribution < 1.29 is 19.5 Å². The molecule has 24 heavy (non-hydrogen) atoms. The zero-order chi connectivity index (χ0) is 17.7. The molecule has 0 aromatic heterocycles. The first-order valence-corrected chi connectivity index (χ1v) is 8.03. The molecule has 2 rings (SSSR count). The molecule has 1 saturated heterocycles. The van der Waals surface area contributed by atoms with Gasteiger partial charge in [0.25, 0.3) is 0 Å². The van der Waals surface area contributed by atoms with E-state index in [1.54, 1.807) is 0 Å². The van der Waals surface area contributed by atoms with E-state index in [9.17, 15) is 19.5 Å². The Morgan fingerprint density at radius 3 is 2.58 bits per heavy atom. The number of nitrogens with two attached hydrogens (primary N) is 1. The number of rotatable bonds is 6. The lowest BCUT2D eigenvalue weighted by Gasteiger charge is -2.28. The molecule has 0 saturated carbocycles. The van der Waals surface area contributed by atoms with E-state index in [0.29, 0.717) is 25.8 Å². The van der Waals surface area contributed by atoms with Gasteiger partial charge in [0.2, 0.25) is 11.8 Å². The van der Waals surface area contributed by atoms with Gasteiger partial charge in [0.1, 0.15) is 12.1 Å². The number of carboxylic acids is 1. The van der Waals surface area contributed by atoms with Gasteiger partial charge in [-0.25, -0.2) is 4.79 Å². The third-order valence-corrected chi connectivity index (χ3v) is 4.13. The van der Waals surface area contributed by atoms with Crippen LogP contribution in [0.5, 0.6) is 0 Å². The lowest BCUT2D eigenvalue weighted by Crippen LogP contribution is -2.54. The molecule has 1 aromatic rings. The predicted octanol–water partition coefficient (Wildman–Crippen LogP) is 0.137. The smallest absolute Gasteiger partial charge is 0.326 e. The van der Waals surface area contributed by atoms with E-state index in [2.05, 4.69) is 5.32 Å². The predicted molar refractivity (Wildman–Crippen MR) is 88.1 cm³/mol. The SMILES string of the molecule is CC(N)C(=O)NC(Cc1ccccc1)C(=O)N1CCC[C@H]1C(=O)O. The molecule has 0 bridgehead atoms. The number of benzene rings is 1. The summed E-state index contributed by atoms with van der Waals surface area (Å²) >= 11 is 0. The van der Waals surface area contributed by atoms with E-state index < -0.39 is 30.0 Å². The van der Waals surface area contributed by atoms with Gasteiger partial charge in [-0.15, -0.1) is 0 Å². The van der Waals surface area contributed by atoms with Crippen molar-refractivity contribution in [1.82, 2.24) is 10.2 Å². The van der Waals surface area contributed by atoms with Crippen molar-refractivity contribution in [2.45, 2.75) is 44.3 Å². The van der Waals surface area contributed by atoms with Crippen molar-refractivity contribution in [2.75, 3.05) is 6.54 Å². The maximum Gasteiger partial charge on any atom is 0.326 e. The van der Waals surface area contributed by atoms with Crippen molar-refractivity contribution in [3.63, 3.8) is 0 Å². The van der Waals surface area contributed by atoms with Gasteiger partial charge in [-0.2, -0.15) is 0 Å². The van der Waals surface area contributed by atoms with Gasteiger partial charge < -0.3 is 21.1 Å². The molecule has 2 amide bonds. The molecule has 4 N–H and O–H groups in total. The Hall–Kier alpha value is -2.41. The maximum atomic E-state index is 12.8. The molecule has 1 fully saturated rings. The molecule has 1 aliphatic rings. The quantitative estimate of drug-likeness (QED) is 0.685. The minimum absolute atomic E-state index is 0.293. The van der Waals surface area contributed by atoms with Crippen molar-refractivity contribution in [2.24, 2.45) is 5.73 Å². The van der Waals surface area contributed by atoms with Crippen LogP contribution in [0.1, 0.15) is 25.3 Å². The highest BCUT2D eigenvalue weighted by Crippen LogP contribution is 2.19. The Kier molecular flexibility index (Phi) is 5.92. The number of amides is 2. The maximum absolute atomic E-state index is 12.8. The van der Waals surface area contributed by atoms with Crippen LogP contribution in [-0.2, 0) is 20.8 Å². The molecule has 2 unspecified atom stereocenters. The van der Waals surface area contributed by atoms with Crippen LogP contribution >= 0.6 is 0 Å². The summed E-state index contributed by atoms with van der Waals surface area (Å²) in [4.78, 5) is 37.5. The van der Waals surface area contributed by atoms with Gasteiger partial charge in [-0.05, 0) is 25.3 Å². The molecule has 7 nitrogen and oxygen atoms in total. The highest BCUT2D eigenvalue weighted by molar-refractivity contribution is 5.92. The highest BCUT2D eigenvalue weighted by Gasteiger charge is 2.37. The van der Waals surface area contributed by atoms with Crippen LogP contribution < -0.4 is 11.1 Å². The Balaban J connectivity index is 2.19. The van der Waals surface area contributed by atoms with E-state index in [-0.39, 0.29) is 5.91 Å². The number of likely N-dealkylation sites (tertiary alicyclic amines) is 1. The molecule has 1 aliphatic heterocycles. The van der Waals surface area contributed by atoms with Crippen LogP contribution in [0.2, 0.25) is 0 Å². The summed E-state index contributed by atoms with van der Waals surface area (Å²) in [5.74, 6) is -1.83. The Labute approximate surface area is 140 Å². The molecule has 3 atom stereocenters. The second kappa shape index (κ2) is 7.92. The fourth-order valence-electron chi connectivity index (χ4n) is 2.84. The van der Waals surface area contributed by atoms with Gasteiger partial charge in [0.05, 0.1) is 6.04 Å². The standard InChI is InChI=1S/C17H23N3O4/c1-11(18)15(21)19-13(10-12-6-3-2-4-7-12)16(22)20-9-5-8-14(20)17(23)24/h2-4,6-7,11,13-14H,5,8-10,18H2,1H3,(H,19,21)(H,23,24)/t11?,13?,14-/m0/s1. The minimum Gasteiger partial charge on any atom is -0.480 e. The molecule has 0 radical (unpaired) electrons. The van der Waals surface area contributed by atoms with Crippen LogP contribution in [0, 0.1) is 0 Å². The second-order valence-corrected chi connectivity index (χ2v) is 6.07. The molecule has 0 aliphatic carbocycles. The number of hydrogen-bond acceptors (Lipinski definition) is 4. The third-order valence-electron chi connectivity index (χ3n) is 4.13. The molecule has 0 spiro atoms. The summed E-state index contributed by atoms with van der Waals surface area (Å²) in [6, 6.07) is 6.87. The second-order valence-electron chi connectivity index (χ2n) is 6.07. The first kappa shape index (κ1) is 17.9. The number of nitrogens with one attached hydrogen (secondary N) is 1. The van der Waals surface area contributed by atoms with Gasteiger partial charge in [-0.1, -0.05) is 30.3 Å². The average Bonchev–Trinajstić information content (AvgIpc) is 3.04. The van der Waals surface area contributed by atoms with Crippen molar-refractivity contribution in [1.29, 1.82) is 0 Å². The van der Waals surface area contributed by atoms with Crippen LogP contribution in [-0.4, -0.2) is 52.5 Å². The fourth-order valence-corrected chi connectivity index (χ4v) is 2.84. The first-order chi connectivity index (χ1) is 11.4. The molecular formula is C17H23N3O4. The summed E-state index contributed by atoms with van der Waals surface area (Å²) < 4.78 is 0. The van der Waals surface area contributed by atoms with Gasteiger partial charge in [-0.3, -0.25) is 9.59 Å². The van der Waals surface area contributed by atoms with Gasteiger partial charge in [0.15, 0.2) is 0 Å². The van der Waals surface area contributed by atoms with E-state index in [1.165, 1.54) is 11.8 Å². The largest absolute Gasteiger partial charge is 0.480 e. The Morgan fingerprint density at radius 2 is 2.00 bits per heavy atom. The summed E-state index contributed by atoms with van der Waals surface area (Å²) in [6.45, 7) is 1.92. The van der Waals surface area contributed by atoms with Crippen LogP contribution in [0.4, 0.5) is 0 Å². The van der Waals surface area contributed by atoms with E-state index in [1.807, 2.05) is 30.3 Å². The van der Waals surface area contributed by atoms with Crippen LogP contribution in [0.3, 0.4) is 0 Å². The van der Waals surface area contributed by atoms with Crippen molar-refractivity contribution in [3.8, 4) is 0 Å². The average molecular weight is 333 g/mol. The lowest BCUT2D eigenvalue weighted by atomic mass is 10.0. The third kappa shape index (κ3) is 4.32. The normalized spacial score (nSPS) is 19.6. The summed E-state index contributed by atoms with van der Waals surface area (Å²) in [6.07, 6.45) is 1.36. The zero-order valence-corrected chi connectivity index (χ0v) is 13.6. The number of aliphatic carboxylic acids is 1. The number of carbonyl (C=O) groups is 3. The van der Waals surface area contributed by atoms with E-state index >= 15 is 0 Å². The van der Waals surface area contributed by atoms with Crippen molar-refractivity contribution >= 4 is 17.8 Å². The van der Waals surface area contributed by atoms with E-state index in [4.69, 9.17) is 5.73 Å². The van der Waals surface area contributed by atoms with Crippen LogP contribution in [0.25, 0.3) is 0 Å². The molecular weight excluding hydrogens is 310 g/mol. The van der Waals surface area contributed by atoms with Crippen molar-refractivity contribution in [3.05, 3.63) is 35.9 Å². The molecule has 1 aromatic carbocycles. The number of hydrogen-bond donors (Lipinski definition) is 3. The first-order valence-electron chi connectivity index (χ1n) is 8.03. The molecule has 1 heterocycles. The van der Waals surface area contributed by atoms with Crippen LogP contribution in [0.15, 0.2) is 30.3 Å². The summed E-state index contributed by atoms with van der Waals surface area (Å²) in [5.41, 5.74) is 6.46. The number of carbonyl (C=O) groups excluding carboxylic acids is 2. The number of carboxylic acid groups (broad SMARTS) is 1. The lowest BCUT2D eigenvalue weighted by molar-refractivity contribution is -0.149. The fraction of sp³-hybridized carbons (Fsp3) is 0.471. The zero-order valence-electron chi connectivity index (χ0n) is 13.6.